The number of halogens is 3. The van der Waals surface area contributed by atoms with Gasteiger partial charge in [0.15, 0.2) is 11.5 Å². The molecule has 4 nitrogen and oxygen atoms in total. The quantitative estimate of drug-likeness (QED) is 0.739. The minimum atomic E-state index is -4.26. The van der Waals surface area contributed by atoms with Crippen molar-refractivity contribution >= 4 is 23.4 Å². The first-order valence-electron chi connectivity index (χ1n) is 7.88. The average molecular weight is 383 g/mol. The third-order valence-electron chi connectivity index (χ3n) is 3.63. The molecule has 26 heavy (non-hydrogen) atoms. The van der Waals surface area contributed by atoms with Gasteiger partial charge < -0.3 is 14.8 Å². The van der Waals surface area contributed by atoms with E-state index in [4.69, 9.17) is 9.47 Å². The number of ether oxygens (including phenoxy) is 2. The van der Waals surface area contributed by atoms with Gasteiger partial charge in [0.25, 0.3) is 0 Å². The monoisotopic (exact) mass is 383 g/mol. The van der Waals surface area contributed by atoms with Crippen LogP contribution in [0.1, 0.15) is 12.0 Å². The Hall–Kier alpha value is -2.35. The van der Waals surface area contributed by atoms with Gasteiger partial charge >= 0.3 is 6.18 Å². The molecule has 1 amide bonds. The van der Waals surface area contributed by atoms with Gasteiger partial charge in [-0.1, -0.05) is 18.2 Å². The van der Waals surface area contributed by atoms with E-state index in [-0.39, 0.29) is 19.1 Å². The molecular formula is C18H16F3NO3S. The van der Waals surface area contributed by atoms with Gasteiger partial charge in [-0.05, 0) is 36.2 Å². The molecule has 3 rings (SSSR count). The minimum absolute atomic E-state index is 0.186. The van der Waals surface area contributed by atoms with Crippen molar-refractivity contribution in [1.82, 2.24) is 0 Å². The zero-order chi connectivity index (χ0) is 18.6. The fourth-order valence-corrected chi connectivity index (χ4v) is 3.19. The minimum Gasteiger partial charge on any atom is -0.454 e. The summed E-state index contributed by atoms with van der Waals surface area (Å²) in [6.07, 6.45) is -3.57. The summed E-state index contributed by atoms with van der Waals surface area (Å²) in [4.78, 5) is 12.6. The summed E-state index contributed by atoms with van der Waals surface area (Å²) in [5, 5.41) is 2.69. The first-order valence-corrected chi connectivity index (χ1v) is 8.86. The van der Waals surface area contributed by atoms with Gasteiger partial charge in [-0.3, -0.25) is 4.79 Å². The van der Waals surface area contributed by atoms with Gasteiger partial charge in [-0.15, -0.1) is 11.8 Å². The number of rotatable bonds is 6. The maximum absolute atomic E-state index is 12.4. The molecule has 0 fully saturated rings. The molecule has 0 aromatic heterocycles. The maximum atomic E-state index is 12.4. The van der Waals surface area contributed by atoms with Crippen LogP contribution >= 0.6 is 11.8 Å². The van der Waals surface area contributed by atoms with Crippen molar-refractivity contribution in [3.63, 3.8) is 0 Å². The van der Waals surface area contributed by atoms with Crippen LogP contribution in [0.3, 0.4) is 0 Å². The van der Waals surface area contributed by atoms with E-state index in [2.05, 4.69) is 5.32 Å². The van der Waals surface area contributed by atoms with E-state index in [1.165, 1.54) is 0 Å². The lowest BCUT2D eigenvalue weighted by molar-refractivity contribution is -0.116. The molecule has 1 heterocycles. The van der Waals surface area contributed by atoms with E-state index in [9.17, 15) is 18.0 Å². The van der Waals surface area contributed by atoms with Crippen LogP contribution in [0.15, 0.2) is 47.4 Å². The lowest BCUT2D eigenvalue weighted by atomic mass is 10.1. The third-order valence-corrected chi connectivity index (χ3v) is 4.77. The van der Waals surface area contributed by atoms with Crippen LogP contribution in [0, 0.1) is 0 Å². The highest BCUT2D eigenvalue weighted by molar-refractivity contribution is 7.99. The number of benzene rings is 2. The van der Waals surface area contributed by atoms with Crippen molar-refractivity contribution < 1.29 is 27.4 Å². The van der Waals surface area contributed by atoms with Crippen molar-refractivity contribution in [2.45, 2.75) is 23.9 Å². The fourth-order valence-electron chi connectivity index (χ4n) is 2.42. The van der Waals surface area contributed by atoms with Crippen molar-refractivity contribution in [2.24, 2.45) is 0 Å². The summed E-state index contributed by atoms with van der Waals surface area (Å²) in [5.74, 6) is 0.0604. The standard InChI is InChI=1S/C18H16F3NO3S/c19-18(20,21)10-26-16-4-2-1-3-13(16)22-17(23)8-6-12-5-7-14-15(9-12)25-11-24-14/h1-5,7,9H,6,8,10-11H2,(H,22,23). The molecule has 1 aliphatic rings. The molecule has 0 bridgehead atoms. The zero-order valence-corrected chi connectivity index (χ0v) is 14.5. The molecule has 0 atom stereocenters. The Bertz CT molecular complexity index is 795. The number of fused-ring (bicyclic) bond motifs is 1. The molecule has 0 radical (unpaired) electrons. The summed E-state index contributed by atoms with van der Waals surface area (Å²) < 4.78 is 47.8. The number of aryl methyl sites for hydroxylation is 1. The number of carbonyl (C=O) groups excluding carboxylic acids is 1. The summed E-state index contributed by atoms with van der Waals surface area (Å²) in [6.45, 7) is 0.186. The van der Waals surface area contributed by atoms with Crippen molar-refractivity contribution in [3.8, 4) is 11.5 Å². The van der Waals surface area contributed by atoms with E-state index >= 15 is 0 Å². The highest BCUT2D eigenvalue weighted by atomic mass is 32.2. The fraction of sp³-hybridized carbons (Fsp3) is 0.278. The summed E-state index contributed by atoms with van der Waals surface area (Å²) in [6, 6.07) is 11.9. The zero-order valence-electron chi connectivity index (χ0n) is 13.6. The number of thioether (sulfide) groups is 1. The smallest absolute Gasteiger partial charge is 0.398 e. The molecule has 0 spiro atoms. The van der Waals surface area contributed by atoms with Gasteiger partial charge in [0.2, 0.25) is 12.7 Å². The lowest BCUT2D eigenvalue weighted by Crippen LogP contribution is -2.14. The molecule has 0 saturated carbocycles. The molecule has 0 unspecified atom stereocenters. The number of alkyl halides is 3. The van der Waals surface area contributed by atoms with Crippen LogP contribution in [0.4, 0.5) is 18.9 Å². The number of carbonyl (C=O) groups is 1. The first kappa shape index (κ1) is 18.4. The molecule has 8 heteroatoms. The van der Waals surface area contributed by atoms with E-state index in [0.717, 1.165) is 5.56 Å². The predicted octanol–water partition coefficient (Wildman–Crippen LogP) is 4.64. The highest BCUT2D eigenvalue weighted by Gasteiger charge is 2.27. The van der Waals surface area contributed by atoms with E-state index in [1.54, 1.807) is 30.3 Å². The van der Waals surface area contributed by atoms with Crippen molar-refractivity contribution in [1.29, 1.82) is 0 Å². The molecule has 1 aliphatic heterocycles. The summed E-state index contributed by atoms with van der Waals surface area (Å²) in [5.41, 5.74) is 1.31. The van der Waals surface area contributed by atoms with E-state index in [0.29, 0.717) is 40.3 Å². The van der Waals surface area contributed by atoms with Crippen LogP contribution in [0.2, 0.25) is 0 Å². The predicted molar refractivity (Wildman–Crippen MR) is 92.7 cm³/mol. The molecule has 0 saturated heterocycles. The Labute approximate surface area is 152 Å². The summed E-state index contributed by atoms with van der Waals surface area (Å²) >= 11 is 0.654. The van der Waals surface area contributed by atoms with Gasteiger partial charge in [0, 0.05) is 11.3 Å². The number of nitrogens with one attached hydrogen (secondary N) is 1. The second kappa shape index (κ2) is 7.90. The van der Waals surface area contributed by atoms with Gasteiger partial charge in [-0.25, -0.2) is 0 Å². The van der Waals surface area contributed by atoms with Gasteiger partial charge in [-0.2, -0.15) is 13.2 Å². The van der Waals surface area contributed by atoms with Crippen LogP contribution in [-0.4, -0.2) is 24.6 Å². The Morgan fingerprint density at radius 3 is 2.69 bits per heavy atom. The molecular weight excluding hydrogens is 367 g/mol. The number of anilines is 1. The van der Waals surface area contributed by atoms with Gasteiger partial charge in [0.05, 0.1) is 11.4 Å². The Balaban J connectivity index is 1.56. The summed E-state index contributed by atoms with van der Waals surface area (Å²) in [7, 11) is 0. The molecule has 138 valence electrons. The average Bonchev–Trinajstić information content (AvgIpc) is 3.06. The van der Waals surface area contributed by atoms with E-state index < -0.39 is 11.9 Å². The van der Waals surface area contributed by atoms with Gasteiger partial charge in [0.1, 0.15) is 0 Å². The third kappa shape index (κ3) is 5.08. The molecule has 0 aliphatic carbocycles. The molecule has 2 aromatic rings. The largest absolute Gasteiger partial charge is 0.454 e. The second-order valence-electron chi connectivity index (χ2n) is 5.64. The Kier molecular flexibility index (Phi) is 5.61. The van der Waals surface area contributed by atoms with Crippen LogP contribution in [0.25, 0.3) is 0 Å². The molecule has 1 N–H and O–H groups in total. The highest BCUT2D eigenvalue weighted by Crippen LogP contribution is 2.33. The Morgan fingerprint density at radius 1 is 1.12 bits per heavy atom. The van der Waals surface area contributed by atoms with Crippen LogP contribution < -0.4 is 14.8 Å². The molecule has 2 aromatic carbocycles. The second-order valence-corrected chi connectivity index (χ2v) is 6.65. The van der Waals surface area contributed by atoms with Crippen molar-refractivity contribution in [2.75, 3.05) is 17.9 Å². The Morgan fingerprint density at radius 2 is 1.88 bits per heavy atom. The SMILES string of the molecule is O=C(CCc1ccc2c(c1)OCO2)Nc1ccccc1SCC(F)(F)F. The van der Waals surface area contributed by atoms with Crippen LogP contribution in [-0.2, 0) is 11.2 Å². The maximum Gasteiger partial charge on any atom is 0.398 e. The topological polar surface area (TPSA) is 47.6 Å². The van der Waals surface area contributed by atoms with E-state index in [1.807, 2.05) is 12.1 Å². The number of hydrogen-bond donors (Lipinski definition) is 1. The normalized spacial score (nSPS) is 12.9. The number of amides is 1. The lowest BCUT2D eigenvalue weighted by Gasteiger charge is -2.12. The first-order chi connectivity index (χ1) is 12.4. The number of para-hydroxylation sites is 1. The number of hydrogen-bond acceptors (Lipinski definition) is 4. The van der Waals surface area contributed by atoms with Crippen molar-refractivity contribution in [3.05, 3.63) is 48.0 Å². The van der Waals surface area contributed by atoms with Crippen LogP contribution in [0.5, 0.6) is 11.5 Å².